The van der Waals surface area contributed by atoms with Crippen molar-refractivity contribution in [3.8, 4) is 0 Å². The van der Waals surface area contributed by atoms with E-state index in [9.17, 15) is 4.79 Å². The highest BCUT2D eigenvalue weighted by atomic mass is 35.5. The summed E-state index contributed by atoms with van der Waals surface area (Å²) in [5.74, 6) is 0.740. The monoisotopic (exact) mass is 388 g/mol. The van der Waals surface area contributed by atoms with Gasteiger partial charge >= 0.3 is 0 Å². The number of hydrogen-bond donors (Lipinski definition) is 1. The van der Waals surface area contributed by atoms with Crippen LogP contribution in [-0.4, -0.2) is 10.9 Å². The Hall–Kier alpha value is -1.82. The number of amides is 1. The zero-order chi connectivity index (χ0) is 17.6. The molecule has 0 aliphatic carbocycles. The summed E-state index contributed by atoms with van der Waals surface area (Å²) in [5.41, 5.74) is 3.77. The Kier molecular flexibility index (Phi) is 6.13. The molecule has 25 heavy (non-hydrogen) atoms. The molecule has 0 saturated carbocycles. The fourth-order valence-corrected chi connectivity index (χ4v) is 4.22. The van der Waals surface area contributed by atoms with Crippen LogP contribution in [0, 0.1) is 6.92 Å². The van der Waals surface area contributed by atoms with E-state index >= 15 is 0 Å². The van der Waals surface area contributed by atoms with Crippen LogP contribution in [0.2, 0.25) is 5.02 Å². The zero-order valence-corrected chi connectivity index (χ0v) is 16.0. The molecule has 0 saturated heterocycles. The van der Waals surface area contributed by atoms with Gasteiger partial charge in [-0.05, 0) is 36.2 Å². The summed E-state index contributed by atoms with van der Waals surface area (Å²) in [4.78, 5) is 16.7. The molecule has 0 aliphatic heterocycles. The average molecular weight is 389 g/mol. The van der Waals surface area contributed by atoms with E-state index in [1.807, 2.05) is 55.5 Å². The minimum Gasteiger partial charge on any atom is -0.348 e. The number of halogens is 1. The van der Waals surface area contributed by atoms with Gasteiger partial charge in [0.1, 0.15) is 4.34 Å². The second kappa shape index (κ2) is 8.52. The van der Waals surface area contributed by atoms with Crippen LogP contribution in [0.4, 0.5) is 0 Å². The number of nitrogens with zero attached hydrogens (tertiary/aromatic N) is 1. The van der Waals surface area contributed by atoms with Crippen LogP contribution in [0.5, 0.6) is 0 Å². The number of benzene rings is 2. The molecule has 0 fully saturated rings. The average Bonchev–Trinajstić information content (AvgIpc) is 3.05. The fourth-order valence-electron chi connectivity index (χ4n) is 2.22. The van der Waals surface area contributed by atoms with Gasteiger partial charge in [-0.1, -0.05) is 53.7 Å². The normalized spacial score (nSPS) is 10.6. The lowest BCUT2D eigenvalue weighted by Crippen LogP contribution is -2.22. The number of thioether (sulfide) groups is 1. The van der Waals surface area contributed by atoms with Crippen LogP contribution >= 0.6 is 34.7 Å². The van der Waals surface area contributed by atoms with Crippen molar-refractivity contribution in [2.45, 2.75) is 23.6 Å². The Morgan fingerprint density at radius 2 is 1.96 bits per heavy atom. The molecular formula is C19H17ClN2OS2. The largest absolute Gasteiger partial charge is 0.348 e. The molecule has 2 aromatic carbocycles. The molecule has 0 unspecified atom stereocenters. The zero-order valence-electron chi connectivity index (χ0n) is 13.7. The van der Waals surface area contributed by atoms with Crippen molar-refractivity contribution in [1.82, 2.24) is 10.3 Å². The number of hydrogen-bond acceptors (Lipinski definition) is 4. The van der Waals surface area contributed by atoms with Crippen LogP contribution in [0.1, 0.15) is 27.2 Å². The summed E-state index contributed by atoms with van der Waals surface area (Å²) in [6.45, 7) is 2.41. The highest BCUT2D eigenvalue weighted by Crippen LogP contribution is 2.26. The number of carbonyl (C=O) groups excluding carboxylic acids is 1. The predicted molar refractivity (Wildman–Crippen MR) is 105 cm³/mol. The Morgan fingerprint density at radius 3 is 2.64 bits per heavy atom. The Labute approximate surface area is 160 Å². The third-order valence-electron chi connectivity index (χ3n) is 3.57. The van der Waals surface area contributed by atoms with Crippen molar-refractivity contribution in [1.29, 1.82) is 0 Å². The van der Waals surface area contributed by atoms with Gasteiger partial charge in [0.15, 0.2) is 0 Å². The maximum atomic E-state index is 12.3. The number of aromatic nitrogens is 1. The first-order valence-electron chi connectivity index (χ1n) is 7.77. The highest BCUT2D eigenvalue weighted by molar-refractivity contribution is 8.00. The topological polar surface area (TPSA) is 42.0 Å². The van der Waals surface area contributed by atoms with Crippen LogP contribution in [0.15, 0.2) is 58.3 Å². The smallest absolute Gasteiger partial charge is 0.251 e. The molecule has 0 aliphatic rings. The Morgan fingerprint density at radius 1 is 1.20 bits per heavy atom. The van der Waals surface area contributed by atoms with E-state index in [2.05, 4.69) is 15.7 Å². The number of nitrogens with one attached hydrogen (secondary N) is 1. The van der Waals surface area contributed by atoms with Gasteiger partial charge in [0.25, 0.3) is 5.91 Å². The third-order valence-corrected chi connectivity index (χ3v) is 6.15. The van der Waals surface area contributed by atoms with Crippen molar-refractivity contribution in [2.24, 2.45) is 0 Å². The van der Waals surface area contributed by atoms with Gasteiger partial charge in [-0.25, -0.2) is 4.98 Å². The fraction of sp³-hybridized carbons (Fsp3) is 0.158. The first-order valence-corrected chi connectivity index (χ1v) is 10.0. The maximum absolute atomic E-state index is 12.3. The van der Waals surface area contributed by atoms with E-state index in [1.54, 1.807) is 23.1 Å². The minimum absolute atomic E-state index is 0.102. The van der Waals surface area contributed by atoms with Crippen molar-refractivity contribution in [3.63, 3.8) is 0 Å². The summed E-state index contributed by atoms with van der Waals surface area (Å²) in [7, 11) is 0. The van der Waals surface area contributed by atoms with Gasteiger partial charge < -0.3 is 5.32 Å². The molecule has 3 nitrogen and oxygen atoms in total. The molecular weight excluding hydrogens is 372 g/mol. The molecule has 0 radical (unpaired) electrons. The molecule has 0 spiro atoms. The molecule has 3 rings (SSSR count). The number of aryl methyl sites for hydroxylation is 1. The molecule has 1 aromatic heterocycles. The first kappa shape index (κ1) is 18.0. The van der Waals surface area contributed by atoms with E-state index in [0.717, 1.165) is 21.3 Å². The molecule has 3 aromatic rings. The highest BCUT2D eigenvalue weighted by Gasteiger charge is 2.07. The lowest BCUT2D eigenvalue weighted by molar-refractivity contribution is 0.0951. The summed E-state index contributed by atoms with van der Waals surface area (Å²) in [6.07, 6.45) is 0. The van der Waals surface area contributed by atoms with E-state index in [4.69, 9.17) is 11.6 Å². The molecule has 0 bridgehead atoms. The first-order chi connectivity index (χ1) is 12.1. The predicted octanol–water partition coefficient (Wildman–Crippen LogP) is 5.33. The van der Waals surface area contributed by atoms with Crippen LogP contribution in [0.3, 0.4) is 0 Å². The maximum Gasteiger partial charge on any atom is 0.251 e. The number of rotatable bonds is 6. The second-order valence-electron chi connectivity index (χ2n) is 5.51. The van der Waals surface area contributed by atoms with Crippen molar-refractivity contribution in [3.05, 3.63) is 81.3 Å². The molecule has 6 heteroatoms. The minimum atomic E-state index is -0.102. The molecule has 0 atom stereocenters. The van der Waals surface area contributed by atoms with Crippen LogP contribution < -0.4 is 5.32 Å². The number of thiazole rings is 1. The van der Waals surface area contributed by atoms with Gasteiger partial charge in [-0.15, -0.1) is 11.3 Å². The van der Waals surface area contributed by atoms with E-state index in [-0.39, 0.29) is 5.91 Å². The van der Waals surface area contributed by atoms with E-state index in [0.29, 0.717) is 17.1 Å². The van der Waals surface area contributed by atoms with Gasteiger partial charge in [-0.2, -0.15) is 0 Å². The quantitative estimate of drug-likeness (QED) is 0.580. The van der Waals surface area contributed by atoms with Gasteiger partial charge in [0.05, 0.1) is 0 Å². The van der Waals surface area contributed by atoms with E-state index < -0.39 is 0 Å². The standard InChI is InChI=1S/C19H17ClN2OS2/c1-13-11-24-19(22-13)25-12-14-6-8-15(9-7-14)18(23)21-10-16-4-2-3-5-17(16)20/h2-9,11H,10,12H2,1H3,(H,21,23). The van der Waals surface area contributed by atoms with Crippen molar-refractivity contribution in [2.75, 3.05) is 0 Å². The summed E-state index contributed by atoms with van der Waals surface area (Å²) >= 11 is 9.47. The molecule has 1 heterocycles. The Bertz CT molecular complexity index is 862. The van der Waals surface area contributed by atoms with Crippen LogP contribution in [-0.2, 0) is 12.3 Å². The van der Waals surface area contributed by atoms with Gasteiger partial charge in [-0.3, -0.25) is 4.79 Å². The molecule has 1 N–H and O–H groups in total. The van der Waals surface area contributed by atoms with Crippen molar-refractivity contribution >= 4 is 40.6 Å². The lowest BCUT2D eigenvalue weighted by Gasteiger charge is -2.07. The SMILES string of the molecule is Cc1csc(SCc2ccc(C(=O)NCc3ccccc3Cl)cc2)n1. The summed E-state index contributed by atoms with van der Waals surface area (Å²) in [5, 5.41) is 5.61. The summed E-state index contributed by atoms with van der Waals surface area (Å²) in [6, 6.07) is 15.2. The second-order valence-corrected chi connectivity index (χ2v) is 8.00. The molecule has 128 valence electrons. The van der Waals surface area contributed by atoms with Crippen molar-refractivity contribution < 1.29 is 4.79 Å². The van der Waals surface area contributed by atoms with Crippen LogP contribution in [0.25, 0.3) is 0 Å². The van der Waals surface area contributed by atoms with E-state index in [1.165, 1.54) is 5.56 Å². The van der Waals surface area contributed by atoms with Gasteiger partial charge in [0.2, 0.25) is 0 Å². The third kappa shape index (κ3) is 5.08. The lowest BCUT2D eigenvalue weighted by atomic mass is 10.1. The molecule has 1 amide bonds. The summed E-state index contributed by atoms with van der Waals surface area (Å²) < 4.78 is 1.07. The number of carbonyl (C=O) groups is 1. The Balaban J connectivity index is 1.54. The van der Waals surface area contributed by atoms with Gasteiger partial charge in [0, 0.05) is 34.0 Å².